The van der Waals surface area contributed by atoms with Crippen LogP contribution in [-0.4, -0.2) is 63.5 Å². The van der Waals surface area contributed by atoms with Gasteiger partial charge in [-0.25, -0.2) is 0 Å². The Morgan fingerprint density at radius 3 is 2.76 bits per heavy atom. The van der Waals surface area contributed by atoms with Gasteiger partial charge in [-0.05, 0) is 80.1 Å². The van der Waals surface area contributed by atoms with Crippen molar-refractivity contribution in [2.45, 2.75) is 50.8 Å². The zero-order valence-corrected chi connectivity index (χ0v) is 19.8. The van der Waals surface area contributed by atoms with Crippen molar-refractivity contribution in [3.05, 3.63) is 64.7 Å². The third-order valence-electron chi connectivity index (χ3n) is 6.54. The van der Waals surface area contributed by atoms with Crippen molar-refractivity contribution in [3.8, 4) is 5.75 Å². The maximum atomic E-state index is 12.8. The molecular formula is C27H36N2O4. The zero-order chi connectivity index (χ0) is 23.0. The molecule has 4 rings (SSSR count). The lowest BCUT2D eigenvalue weighted by atomic mass is 9.87. The molecule has 6 nitrogen and oxygen atoms in total. The van der Waals surface area contributed by atoms with Crippen molar-refractivity contribution in [1.82, 2.24) is 10.2 Å². The first kappa shape index (κ1) is 23.7. The fourth-order valence-electron chi connectivity index (χ4n) is 4.60. The largest absolute Gasteiger partial charge is 0.491 e. The molecule has 0 spiro atoms. The SMILES string of the molecule is COCCN(C)Cc1ccc2c(c1)CC[C@H](NC(=O)c1ccc(OC[C@@H]3CCCO3)cc1)C2. The van der Waals surface area contributed by atoms with Crippen LogP contribution in [0.3, 0.4) is 0 Å². The third-order valence-corrected chi connectivity index (χ3v) is 6.54. The molecule has 2 atom stereocenters. The molecule has 2 aliphatic rings. The number of amides is 1. The van der Waals surface area contributed by atoms with Gasteiger partial charge in [-0.3, -0.25) is 9.69 Å². The number of carbonyl (C=O) groups excluding carboxylic acids is 1. The Bertz CT molecular complexity index is 909. The number of hydrogen-bond acceptors (Lipinski definition) is 5. The normalized spacial score (nSPS) is 20.0. The van der Waals surface area contributed by atoms with Crippen LogP contribution in [0.15, 0.2) is 42.5 Å². The van der Waals surface area contributed by atoms with Crippen molar-refractivity contribution >= 4 is 5.91 Å². The smallest absolute Gasteiger partial charge is 0.251 e. The number of ether oxygens (including phenoxy) is 3. The van der Waals surface area contributed by atoms with Crippen LogP contribution in [0.4, 0.5) is 0 Å². The predicted octanol–water partition coefficient (Wildman–Crippen LogP) is 3.61. The van der Waals surface area contributed by atoms with Crippen LogP contribution in [0.5, 0.6) is 5.75 Å². The van der Waals surface area contributed by atoms with Gasteiger partial charge < -0.3 is 19.5 Å². The number of nitrogens with one attached hydrogen (secondary N) is 1. The molecule has 1 N–H and O–H groups in total. The minimum absolute atomic E-state index is 0.0227. The minimum Gasteiger partial charge on any atom is -0.491 e. The van der Waals surface area contributed by atoms with Gasteiger partial charge >= 0.3 is 0 Å². The van der Waals surface area contributed by atoms with E-state index in [2.05, 4.69) is 35.5 Å². The van der Waals surface area contributed by atoms with Gasteiger partial charge in [-0.2, -0.15) is 0 Å². The second-order valence-electron chi connectivity index (χ2n) is 9.22. The van der Waals surface area contributed by atoms with Crippen LogP contribution in [0.2, 0.25) is 0 Å². The zero-order valence-electron chi connectivity index (χ0n) is 19.8. The first-order valence-corrected chi connectivity index (χ1v) is 12.0. The van der Waals surface area contributed by atoms with E-state index in [1.165, 1.54) is 16.7 Å². The summed E-state index contributed by atoms with van der Waals surface area (Å²) in [6.07, 6.45) is 5.18. The molecule has 1 aliphatic carbocycles. The van der Waals surface area contributed by atoms with Crippen LogP contribution in [0.25, 0.3) is 0 Å². The first-order chi connectivity index (χ1) is 16.1. The Balaban J connectivity index is 1.26. The lowest BCUT2D eigenvalue weighted by molar-refractivity contribution is 0.0679. The van der Waals surface area contributed by atoms with Gasteiger partial charge in [0.15, 0.2) is 0 Å². The standard InChI is InChI=1S/C27H36N2O4/c1-29(13-15-31-2)18-20-5-6-23-17-24(10-7-22(23)16-20)28-27(30)21-8-11-25(12-9-21)33-19-26-4-3-14-32-26/h5-6,8-9,11-12,16,24,26H,3-4,7,10,13-15,17-19H2,1-2H3,(H,28,30)/t24-,26-/m0/s1. The number of nitrogens with zero attached hydrogens (tertiary/aromatic N) is 1. The molecule has 1 fully saturated rings. The summed E-state index contributed by atoms with van der Waals surface area (Å²) >= 11 is 0. The number of benzene rings is 2. The lowest BCUT2D eigenvalue weighted by Gasteiger charge is -2.26. The molecule has 6 heteroatoms. The number of methoxy groups -OCH3 is 1. The second kappa shape index (κ2) is 11.6. The van der Waals surface area contributed by atoms with E-state index in [1.54, 1.807) is 7.11 Å². The Morgan fingerprint density at radius 1 is 1.15 bits per heavy atom. The summed E-state index contributed by atoms with van der Waals surface area (Å²) in [6, 6.07) is 14.3. The fourth-order valence-corrected chi connectivity index (χ4v) is 4.60. The summed E-state index contributed by atoms with van der Waals surface area (Å²) in [5.41, 5.74) is 4.75. The molecule has 1 heterocycles. The number of rotatable bonds is 10. The lowest BCUT2D eigenvalue weighted by Crippen LogP contribution is -2.38. The van der Waals surface area contributed by atoms with Crippen LogP contribution >= 0.6 is 0 Å². The topological polar surface area (TPSA) is 60.0 Å². The molecular weight excluding hydrogens is 416 g/mol. The van der Waals surface area contributed by atoms with Gasteiger partial charge in [-0.15, -0.1) is 0 Å². The van der Waals surface area contributed by atoms with Gasteiger partial charge in [0.2, 0.25) is 0 Å². The highest BCUT2D eigenvalue weighted by atomic mass is 16.5. The second-order valence-corrected chi connectivity index (χ2v) is 9.22. The van der Waals surface area contributed by atoms with Crippen molar-refractivity contribution in [1.29, 1.82) is 0 Å². The summed E-state index contributed by atoms with van der Waals surface area (Å²) in [6.45, 7) is 3.98. The highest BCUT2D eigenvalue weighted by molar-refractivity contribution is 5.94. The van der Waals surface area contributed by atoms with E-state index < -0.39 is 0 Å². The van der Waals surface area contributed by atoms with Crippen molar-refractivity contribution in [2.24, 2.45) is 0 Å². The van der Waals surface area contributed by atoms with E-state index >= 15 is 0 Å². The molecule has 0 saturated carbocycles. The van der Waals surface area contributed by atoms with Gasteiger partial charge in [0, 0.05) is 38.4 Å². The van der Waals surface area contributed by atoms with Gasteiger partial charge in [0.25, 0.3) is 5.91 Å². The third kappa shape index (κ3) is 6.79. The average molecular weight is 453 g/mol. The summed E-state index contributed by atoms with van der Waals surface area (Å²) in [5.74, 6) is 0.753. The predicted molar refractivity (Wildman–Crippen MR) is 129 cm³/mol. The molecule has 2 aromatic rings. The van der Waals surface area contributed by atoms with Gasteiger partial charge in [0.1, 0.15) is 12.4 Å². The van der Waals surface area contributed by atoms with Crippen molar-refractivity contribution < 1.29 is 19.0 Å². The van der Waals surface area contributed by atoms with Crippen molar-refractivity contribution in [3.63, 3.8) is 0 Å². The monoisotopic (exact) mass is 452 g/mol. The van der Waals surface area contributed by atoms with Crippen LogP contribution in [0, 0.1) is 0 Å². The first-order valence-electron chi connectivity index (χ1n) is 12.0. The Labute approximate surface area is 197 Å². The highest BCUT2D eigenvalue weighted by Crippen LogP contribution is 2.24. The van der Waals surface area contributed by atoms with Gasteiger partial charge in [0.05, 0.1) is 12.7 Å². The summed E-state index contributed by atoms with van der Waals surface area (Å²) < 4.78 is 16.6. The number of fused-ring (bicyclic) bond motifs is 1. The van der Waals surface area contributed by atoms with E-state index in [0.717, 1.165) is 64.2 Å². The summed E-state index contributed by atoms with van der Waals surface area (Å²) in [5, 5.41) is 3.22. The maximum absolute atomic E-state index is 12.8. The molecule has 178 valence electrons. The summed E-state index contributed by atoms with van der Waals surface area (Å²) in [7, 11) is 3.85. The van der Waals surface area contributed by atoms with Crippen molar-refractivity contribution in [2.75, 3.05) is 40.5 Å². The van der Waals surface area contributed by atoms with Crippen LogP contribution in [-0.2, 0) is 28.9 Å². The van der Waals surface area contributed by atoms with E-state index in [-0.39, 0.29) is 18.1 Å². The molecule has 33 heavy (non-hydrogen) atoms. The average Bonchev–Trinajstić information content (AvgIpc) is 3.35. The molecule has 0 unspecified atom stereocenters. The highest BCUT2D eigenvalue weighted by Gasteiger charge is 2.21. The van der Waals surface area contributed by atoms with E-state index in [9.17, 15) is 4.79 Å². The number of likely N-dealkylation sites (N-methyl/N-ethyl adjacent to an activating group) is 1. The Kier molecular flexibility index (Phi) is 8.37. The van der Waals surface area contributed by atoms with Crippen LogP contribution < -0.4 is 10.1 Å². The quantitative estimate of drug-likeness (QED) is 0.597. The fraction of sp³-hybridized carbons (Fsp3) is 0.519. The molecule has 0 bridgehead atoms. The minimum atomic E-state index is -0.0227. The Morgan fingerprint density at radius 2 is 2.00 bits per heavy atom. The summed E-state index contributed by atoms with van der Waals surface area (Å²) in [4.78, 5) is 15.1. The van der Waals surface area contributed by atoms with E-state index in [0.29, 0.717) is 12.2 Å². The van der Waals surface area contributed by atoms with Crippen LogP contribution in [0.1, 0.15) is 46.3 Å². The number of hydrogen-bond donors (Lipinski definition) is 1. The molecule has 1 saturated heterocycles. The molecule has 2 aromatic carbocycles. The molecule has 0 aromatic heterocycles. The maximum Gasteiger partial charge on any atom is 0.251 e. The van der Waals surface area contributed by atoms with E-state index in [1.807, 2.05) is 24.3 Å². The molecule has 1 aliphatic heterocycles. The number of carbonyl (C=O) groups is 1. The Hall–Kier alpha value is -2.41. The van der Waals surface area contributed by atoms with E-state index in [4.69, 9.17) is 14.2 Å². The number of aryl methyl sites for hydroxylation is 1. The molecule has 0 radical (unpaired) electrons. The van der Waals surface area contributed by atoms with Gasteiger partial charge in [-0.1, -0.05) is 18.2 Å². The molecule has 1 amide bonds.